The van der Waals surface area contributed by atoms with E-state index in [1.54, 1.807) is 6.08 Å². The predicted octanol–water partition coefficient (Wildman–Crippen LogP) is 3.15. The van der Waals surface area contributed by atoms with Gasteiger partial charge in [-0.25, -0.2) is 4.79 Å². The molecule has 0 saturated heterocycles. The van der Waals surface area contributed by atoms with Crippen LogP contribution >= 0.6 is 0 Å². The van der Waals surface area contributed by atoms with Gasteiger partial charge in [-0.3, -0.25) is 4.79 Å². The third-order valence-corrected chi connectivity index (χ3v) is 8.12. The molecule has 0 spiro atoms. The van der Waals surface area contributed by atoms with Crippen molar-refractivity contribution in [1.29, 1.82) is 0 Å². The van der Waals surface area contributed by atoms with Crippen LogP contribution in [0.15, 0.2) is 12.2 Å². The van der Waals surface area contributed by atoms with Crippen molar-refractivity contribution in [3.05, 3.63) is 12.2 Å². The third-order valence-electron chi connectivity index (χ3n) is 8.12. The van der Waals surface area contributed by atoms with Gasteiger partial charge in [0.25, 0.3) is 0 Å². The maximum atomic E-state index is 11.8. The number of fused-ring (bicyclic) bond motifs is 5. The molecule has 0 amide bonds. The largest absolute Gasteiger partial charge is 0.463 e. The van der Waals surface area contributed by atoms with Gasteiger partial charge in [-0.1, -0.05) is 6.92 Å². The normalized spacial score (nSPS) is 50.1. The van der Waals surface area contributed by atoms with Gasteiger partial charge >= 0.3 is 11.9 Å². The van der Waals surface area contributed by atoms with Crippen molar-refractivity contribution in [2.45, 2.75) is 83.0 Å². The molecule has 26 heavy (non-hydrogen) atoms. The molecule has 0 bridgehead atoms. The molecule has 0 aromatic rings. The minimum Gasteiger partial charge on any atom is -0.463 e. The summed E-state index contributed by atoms with van der Waals surface area (Å²) in [7, 11) is 0. The van der Waals surface area contributed by atoms with Crippen molar-refractivity contribution in [2.75, 3.05) is 0 Å². The summed E-state index contributed by atoms with van der Waals surface area (Å²) in [6.07, 6.45) is 9.60. The Morgan fingerprint density at radius 2 is 1.96 bits per heavy atom. The minimum absolute atomic E-state index is 0.0367. The highest BCUT2D eigenvalue weighted by molar-refractivity contribution is 5.84. The number of hydrogen-bond acceptors (Lipinski definition) is 5. The lowest BCUT2D eigenvalue weighted by molar-refractivity contribution is -0.239. The fraction of sp³-hybridized carbons (Fsp3) is 0.810. The number of carbonyl (C=O) groups is 2. The number of esters is 2. The van der Waals surface area contributed by atoms with Crippen LogP contribution in [-0.4, -0.2) is 34.4 Å². The Balaban J connectivity index is 1.61. The van der Waals surface area contributed by atoms with Crippen LogP contribution in [0.3, 0.4) is 0 Å². The molecule has 3 saturated carbocycles. The Bertz CT molecular complexity index is 657. The number of carbonyl (C=O) groups excluding carboxylic acids is 2. The second-order valence-corrected chi connectivity index (χ2v) is 9.35. The highest BCUT2D eigenvalue weighted by Crippen LogP contribution is 2.63. The van der Waals surface area contributed by atoms with Crippen molar-refractivity contribution < 1.29 is 24.2 Å². The topological polar surface area (TPSA) is 72.8 Å². The van der Waals surface area contributed by atoms with Gasteiger partial charge in [-0.2, -0.15) is 0 Å². The minimum atomic E-state index is -1.08. The summed E-state index contributed by atoms with van der Waals surface area (Å²) < 4.78 is 11.1. The first-order chi connectivity index (χ1) is 12.2. The number of aliphatic hydroxyl groups is 1. The quantitative estimate of drug-likeness (QED) is 0.726. The summed E-state index contributed by atoms with van der Waals surface area (Å²) in [5, 5.41) is 11.6. The molecule has 144 valence electrons. The van der Waals surface area contributed by atoms with Crippen LogP contribution in [0.5, 0.6) is 0 Å². The first kappa shape index (κ1) is 18.0. The van der Waals surface area contributed by atoms with E-state index in [1.807, 2.05) is 6.92 Å². The molecule has 1 heterocycles. The predicted molar refractivity (Wildman–Crippen MR) is 95.0 cm³/mol. The lowest BCUT2D eigenvalue weighted by Crippen LogP contribution is -2.67. The summed E-state index contributed by atoms with van der Waals surface area (Å²) in [6, 6.07) is 0. The smallest absolute Gasteiger partial charge is 0.331 e. The molecule has 0 aromatic heterocycles. The highest BCUT2D eigenvalue weighted by atomic mass is 16.6. The molecule has 4 rings (SSSR count). The fourth-order valence-corrected chi connectivity index (χ4v) is 6.66. The molecule has 3 fully saturated rings. The van der Waals surface area contributed by atoms with Gasteiger partial charge in [0.15, 0.2) is 0 Å². The molecule has 4 aliphatic rings. The van der Waals surface area contributed by atoms with Crippen LogP contribution in [0.1, 0.15) is 65.7 Å². The SMILES string of the molecule is CC(=O)OC1CCC2(C)C(CCC3C2CCC2(C)OC(=O)C=CC32O)C1. The number of rotatable bonds is 1. The van der Waals surface area contributed by atoms with E-state index < -0.39 is 11.2 Å². The summed E-state index contributed by atoms with van der Waals surface area (Å²) in [5.41, 5.74) is -1.76. The van der Waals surface area contributed by atoms with Gasteiger partial charge in [0.2, 0.25) is 0 Å². The monoisotopic (exact) mass is 362 g/mol. The standard InChI is InChI=1S/C21H30O5/c1-13(22)25-15-6-9-19(2)14(12-15)4-5-17-16(19)7-10-20(3)21(17,24)11-8-18(23)26-20/h8,11,14-17,24H,4-7,9-10,12H2,1-3H3. The molecule has 1 aliphatic heterocycles. The van der Waals surface area contributed by atoms with E-state index >= 15 is 0 Å². The van der Waals surface area contributed by atoms with Crippen LogP contribution < -0.4 is 0 Å². The molecule has 1 N–H and O–H groups in total. The Hall–Kier alpha value is -1.36. The maximum Gasteiger partial charge on any atom is 0.331 e. The van der Waals surface area contributed by atoms with E-state index in [1.165, 1.54) is 13.0 Å². The first-order valence-corrected chi connectivity index (χ1v) is 10.00. The number of hydrogen-bond donors (Lipinski definition) is 1. The van der Waals surface area contributed by atoms with E-state index in [0.717, 1.165) is 38.5 Å². The molecule has 0 radical (unpaired) electrons. The first-order valence-electron chi connectivity index (χ1n) is 10.00. The average Bonchev–Trinajstić information content (AvgIpc) is 2.56. The second kappa shape index (κ2) is 5.82. The van der Waals surface area contributed by atoms with Gasteiger partial charge in [0, 0.05) is 13.0 Å². The molecular weight excluding hydrogens is 332 g/mol. The zero-order valence-corrected chi connectivity index (χ0v) is 16.0. The van der Waals surface area contributed by atoms with Crippen LogP contribution in [0.25, 0.3) is 0 Å². The van der Waals surface area contributed by atoms with E-state index in [9.17, 15) is 14.7 Å². The molecule has 5 heteroatoms. The highest BCUT2D eigenvalue weighted by Gasteiger charge is 2.65. The lowest BCUT2D eigenvalue weighted by atomic mass is 9.45. The fourth-order valence-electron chi connectivity index (χ4n) is 6.66. The lowest BCUT2D eigenvalue weighted by Gasteiger charge is -2.63. The molecule has 7 unspecified atom stereocenters. The van der Waals surface area contributed by atoms with Crippen molar-refractivity contribution in [1.82, 2.24) is 0 Å². The van der Waals surface area contributed by atoms with Crippen molar-refractivity contribution in [2.24, 2.45) is 23.2 Å². The average molecular weight is 362 g/mol. The van der Waals surface area contributed by atoms with Crippen molar-refractivity contribution in [3.63, 3.8) is 0 Å². The Labute approximate surface area is 155 Å². The summed E-state index contributed by atoms with van der Waals surface area (Å²) in [4.78, 5) is 23.1. The number of ether oxygens (including phenoxy) is 2. The Morgan fingerprint density at radius 1 is 1.19 bits per heavy atom. The second-order valence-electron chi connectivity index (χ2n) is 9.35. The molecule has 7 atom stereocenters. The zero-order chi connectivity index (χ0) is 18.7. The van der Waals surface area contributed by atoms with Gasteiger partial charge in [0.1, 0.15) is 17.3 Å². The van der Waals surface area contributed by atoms with E-state index in [4.69, 9.17) is 9.47 Å². The van der Waals surface area contributed by atoms with Crippen LogP contribution in [0.4, 0.5) is 0 Å². The van der Waals surface area contributed by atoms with Crippen molar-refractivity contribution in [3.8, 4) is 0 Å². The van der Waals surface area contributed by atoms with Crippen LogP contribution in [0, 0.1) is 23.2 Å². The van der Waals surface area contributed by atoms with Crippen molar-refractivity contribution >= 4 is 11.9 Å². The van der Waals surface area contributed by atoms with Crippen LogP contribution in [0.2, 0.25) is 0 Å². The Kier molecular flexibility index (Phi) is 4.03. The van der Waals surface area contributed by atoms with Gasteiger partial charge < -0.3 is 14.6 Å². The summed E-state index contributed by atoms with van der Waals surface area (Å²) in [6.45, 7) is 5.73. The Morgan fingerprint density at radius 3 is 2.69 bits per heavy atom. The maximum absolute atomic E-state index is 11.8. The van der Waals surface area contributed by atoms with E-state index in [0.29, 0.717) is 18.3 Å². The van der Waals surface area contributed by atoms with Gasteiger partial charge in [0.05, 0.1) is 0 Å². The third kappa shape index (κ3) is 2.46. The van der Waals surface area contributed by atoms with Crippen LogP contribution in [-0.2, 0) is 19.1 Å². The molecule has 0 aromatic carbocycles. The zero-order valence-electron chi connectivity index (χ0n) is 16.0. The van der Waals surface area contributed by atoms with Gasteiger partial charge in [-0.15, -0.1) is 0 Å². The van der Waals surface area contributed by atoms with E-state index in [2.05, 4.69) is 6.92 Å². The van der Waals surface area contributed by atoms with Gasteiger partial charge in [-0.05, 0) is 81.1 Å². The summed E-state index contributed by atoms with van der Waals surface area (Å²) >= 11 is 0. The summed E-state index contributed by atoms with van der Waals surface area (Å²) in [5.74, 6) is 0.489. The molecular formula is C21H30O5. The molecule has 5 nitrogen and oxygen atoms in total. The van der Waals surface area contributed by atoms with E-state index in [-0.39, 0.29) is 29.4 Å². The molecule has 3 aliphatic carbocycles.